The molecular formula is C35H64N6. The molecule has 0 fully saturated rings. The summed E-state index contributed by atoms with van der Waals surface area (Å²) in [5.74, 6) is 0. The molecular weight excluding hydrogens is 504 g/mol. The molecule has 0 saturated heterocycles. The van der Waals surface area contributed by atoms with Crippen LogP contribution in [0.25, 0.3) is 0 Å². The van der Waals surface area contributed by atoms with E-state index in [1.807, 2.05) is 31.2 Å². The van der Waals surface area contributed by atoms with Crippen LogP contribution < -0.4 is 0 Å². The van der Waals surface area contributed by atoms with Crippen molar-refractivity contribution >= 4 is 0 Å². The minimum absolute atomic E-state index is 1.14. The summed E-state index contributed by atoms with van der Waals surface area (Å²) in [7, 11) is 0. The first-order valence-corrected chi connectivity index (χ1v) is 17.2. The molecule has 0 aliphatic carbocycles. The molecule has 6 nitrogen and oxygen atoms in total. The Kier molecular flexibility index (Phi) is 27.3. The highest BCUT2D eigenvalue weighted by Gasteiger charge is 1.95. The first-order valence-electron chi connectivity index (χ1n) is 17.2. The van der Waals surface area contributed by atoms with Crippen LogP contribution in [-0.4, -0.2) is 29.1 Å². The van der Waals surface area contributed by atoms with Gasteiger partial charge in [-0.2, -0.15) is 0 Å². The largest absolute Gasteiger partial charge is 0.351 e. The Morgan fingerprint density at radius 3 is 1.05 bits per heavy atom. The van der Waals surface area contributed by atoms with Crippen molar-refractivity contribution in [1.29, 1.82) is 0 Å². The van der Waals surface area contributed by atoms with Crippen molar-refractivity contribution < 1.29 is 0 Å². The van der Waals surface area contributed by atoms with E-state index in [1.54, 1.807) is 18.7 Å². The lowest BCUT2D eigenvalue weighted by Crippen LogP contribution is -1.93. The van der Waals surface area contributed by atoms with Crippen molar-refractivity contribution in [2.24, 2.45) is 0 Å². The van der Waals surface area contributed by atoms with Gasteiger partial charge in [0.15, 0.2) is 0 Å². The van der Waals surface area contributed by atoms with E-state index < -0.39 is 0 Å². The zero-order valence-electron chi connectivity index (χ0n) is 26.9. The molecule has 41 heavy (non-hydrogen) atoms. The van der Waals surface area contributed by atoms with Crippen LogP contribution in [-0.2, 0) is 13.1 Å². The number of H-pyrrole nitrogens is 1. The number of aromatic nitrogens is 6. The normalized spacial score (nSPS) is 10.6. The molecule has 6 heteroatoms. The average Bonchev–Trinajstić information content (AvgIpc) is 3.81. The van der Waals surface area contributed by atoms with Crippen molar-refractivity contribution in [3.8, 4) is 0 Å². The first-order chi connectivity index (χ1) is 20.4. The second-order valence-corrected chi connectivity index (χ2v) is 11.4. The Hall–Kier alpha value is -2.37. The Morgan fingerprint density at radius 1 is 0.439 bits per heavy atom. The van der Waals surface area contributed by atoms with Crippen molar-refractivity contribution in [2.45, 2.75) is 168 Å². The topological polar surface area (TPSA) is 64.3 Å². The first kappa shape index (κ1) is 36.7. The Balaban J connectivity index is 0.000000351. The molecule has 0 bridgehead atoms. The Morgan fingerprint density at radius 2 is 0.805 bits per heavy atom. The van der Waals surface area contributed by atoms with Gasteiger partial charge < -0.3 is 14.1 Å². The maximum Gasteiger partial charge on any atom is 0.0945 e. The fourth-order valence-electron chi connectivity index (χ4n) is 4.97. The van der Waals surface area contributed by atoms with Gasteiger partial charge in [-0.15, -0.1) is 0 Å². The van der Waals surface area contributed by atoms with Crippen molar-refractivity contribution in [3.05, 3.63) is 56.2 Å². The number of imidazole rings is 3. The number of aryl methyl sites for hydroxylation is 2. The SMILES string of the molecule is CCCCCCCCCCCCCCn1ccnc1.CCCCCCCCCCCCn1ccnc1.c1c[nH]cn1. The van der Waals surface area contributed by atoms with Crippen molar-refractivity contribution in [2.75, 3.05) is 0 Å². The van der Waals surface area contributed by atoms with Gasteiger partial charge in [0.1, 0.15) is 0 Å². The van der Waals surface area contributed by atoms with E-state index in [0.29, 0.717) is 0 Å². The summed E-state index contributed by atoms with van der Waals surface area (Å²) >= 11 is 0. The molecule has 3 rings (SSSR count). The quantitative estimate of drug-likeness (QED) is 0.109. The van der Waals surface area contributed by atoms with E-state index in [1.165, 1.54) is 141 Å². The molecule has 3 aromatic rings. The molecule has 234 valence electrons. The number of hydrogen-bond acceptors (Lipinski definition) is 3. The van der Waals surface area contributed by atoms with Gasteiger partial charge in [0.2, 0.25) is 0 Å². The van der Waals surface area contributed by atoms with Crippen LogP contribution in [0.1, 0.15) is 155 Å². The van der Waals surface area contributed by atoms with Gasteiger partial charge in [0, 0.05) is 50.3 Å². The van der Waals surface area contributed by atoms with E-state index in [9.17, 15) is 0 Å². The molecule has 0 atom stereocenters. The van der Waals surface area contributed by atoms with E-state index in [-0.39, 0.29) is 0 Å². The minimum atomic E-state index is 1.14. The van der Waals surface area contributed by atoms with Gasteiger partial charge in [0.25, 0.3) is 0 Å². The lowest BCUT2D eigenvalue weighted by atomic mass is 10.1. The van der Waals surface area contributed by atoms with Crippen LogP contribution >= 0.6 is 0 Å². The molecule has 0 aromatic carbocycles. The summed E-state index contributed by atoms with van der Waals surface area (Å²) in [6, 6.07) is 0. The third-order valence-electron chi connectivity index (χ3n) is 7.56. The molecule has 3 heterocycles. The maximum absolute atomic E-state index is 4.06. The summed E-state index contributed by atoms with van der Waals surface area (Å²) in [6.07, 6.45) is 47.8. The van der Waals surface area contributed by atoms with E-state index in [2.05, 4.69) is 49.1 Å². The molecule has 1 N–H and O–H groups in total. The van der Waals surface area contributed by atoms with Crippen LogP contribution in [0.4, 0.5) is 0 Å². The number of rotatable bonds is 24. The second kappa shape index (κ2) is 30.6. The number of aromatic amines is 1. The standard InChI is InChI=1S/C17H32N2.C15H28N2.C3H4N2/c1-2-3-4-5-6-7-8-9-10-11-12-13-15-19-16-14-18-17-19;1-2-3-4-5-6-7-8-9-10-11-13-17-14-12-16-15-17;1-2-5-3-4-1/h14,16-17H,2-13,15H2,1H3;12,14-15H,2-11,13H2,1H3;1-3H,(H,4,5). The molecule has 0 amide bonds. The van der Waals surface area contributed by atoms with Crippen molar-refractivity contribution in [3.63, 3.8) is 0 Å². The van der Waals surface area contributed by atoms with Crippen molar-refractivity contribution in [1.82, 2.24) is 29.1 Å². The van der Waals surface area contributed by atoms with Gasteiger partial charge in [-0.1, -0.05) is 142 Å². The lowest BCUT2D eigenvalue weighted by Gasteiger charge is -2.03. The second-order valence-electron chi connectivity index (χ2n) is 11.4. The third kappa shape index (κ3) is 26.3. The molecule has 3 aromatic heterocycles. The summed E-state index contributed by atoms with van der Waals surface area (Å²) in [4.78, 5) is 14.5. The predicted octanol–water partition coefficient (Wildman–Crippen LogP) is 10.8. The zero-order chi connectivity index (χ0) is 29.3. The van der Waals surface area contributed by atoms with Gasteiger partial charge >= 0.3 is 0 Å². The molecule has 0 saturated carbocycles. The number of nitrogens with one attached hydrogen (secondary N) is 1. The fourth-order valence-corrected chi connectivity index (χ4v) is 4.97. The summed E-state index contributed by atoms with van der Waals surface area (Å²) in [5, 5.41) is 0. The predicted molar refractivity (Wildman–Crippen MR) is 176 cm³/mol. The smallest absolute Gasteiger partial charge is 0.0945 e. The summed E-state index contributed by atoms with van der Waals surface area (Å²) < 4.78 is 4.35. The summed E-state index contributed by atoms with van der Waals surface area (Å²) in [5.41, 5.74) is 0. The van der Waals surface area contributed by atoms with Crippen LogP contribution in [0.3, 0.4) is 0 Å². The van der Waals surface area contributed by atoms with Crippen LogP contribution in [0.2, 0.25) is 0 Å². The zero-order valence-corrected chi connectivity index (χ0v) is 26.9. The van der Waals surface area contributed by atoms with E-state index in [4.69, 9.17) is 0 Å². The molecule has 0 radical (unpaired) electrons. The summed E-state index contributed by atoms with van der Waals surface area (Å²) in [6.45, 7) is 6.83. The number of nitrogens with zero attached hydrogens (tertiary/aromatic N) is 5. The fraction of sp³-hybridized carbons (Fsp3) is 0.743. The molecule has 0 spiro atoms. The monoisotopic (exact) mass is 569 g/mol. The number of unbranched alkanes of at least 4 members (excludes halogenated alkanes) is 20. The lowest BCUT2D eigenvalue weighted by molar-refractivity contribution is 0.528. The van der Waals surface area contributed by atoms with Crippen LogP contribution in [0, 0.1) is 0 Å². The van der Waals surface area contributed by atoms with Gasteiger partial charge in [0.05, 0.1) is 19.0 Å². The van der Waals surface area contributed by atoms with Gasteiger partial charge in [-0.05, 0) is 12.8 Å². The Labute approximate surface area is 253 Å². The van der Waals surface area contributed by atoms with Gasteiger partial charge in [-0.25, -0.2) is 15.0 Å². The number of hydrogen-bond donors (Lipinski definition) is 1. The molecule has 0 unspecified atom stereocenters. The average molecular weight is 569 g/mol. The molecule has 0 aliphatic heterocycles. The van der Waals surface area contributed by atoms with Gasteiger partial charge in [-0.3, -0.25) is 0 Å². The van der Waals surface area contributed by atoms with Crippen LogP contribution in [0.15, 0.2) is 56.2 Å². The Bertz CT molecular complexity index is 781. The highest BCUT2D eigenvalue weighted by Crippen LogP contribution is 2.13. The van der Waals surface area contributed by atoms with E-state index >= 15 is 0 Å². The minimum Gasteiger partial charge on any atom is -0.351 e. The van der Waals surface area contributed by atoms with E-state index in [0.717, 1.165) is 13.1 Å². The molecule has 0 aliphatic rings. The highest BCUT2D eigenvalue weighted by atomic mass is 15.0. The third-order valence-corrected chi connectivity index (χ3v) is 7.56. The maximum atomic E-state index is 4.06. The van der Waals surface area contributed by atoms with Crippen LogP contribution in [0.5, 0.6) is 0 Å². The highest BCUT2D eigenvalue weighted by molar-refractivity contribution is 4.74.